The van der Waals surface area contributed by atoms with E-state index in [1.807, 2.05) is 24.5 Å². The predicted molar refractivity (Wildman–Crippen MR) is 82.5 cm³/mol. The Labute approximate surface area is 131 Å². The number of thioether (sulfide) groups is 1. The first kappa shape index (κ1) is 15.8. The topological polar surface area (TPSA) is 82.3 Å². The molecule has 1 N–H and O–H groups in total. The summed E-state index contributed by atoms with van der Waals surface area (Å²) in [6.45, 7) is -0.395. The van der Waals surface area contributed by atoms with Crippen LogP contribution in [0.25, 0.3) is 0 Å². The first-order valence-corrected chi connectivity index (χ1v) is 7.61. The van der Waals surface area contributed by atoms with E-state index in [1.54, 1.807) is 6.07 Å². The maximum absolute atomic E-state index is 11.8. The zero-order valence-electron chi connectivity index (χ0n) is 11.8. The van der Waals surface area contributed by atoms with Gasteiger partial charge in [-0.2, -0.15) is 4.73 Å². The van der Waals surface area contributed by atoms with Crippen LogP contribution < -0.4 is 10.0 Å². The molecule has 0 bridgehead atoms. The molecule has 22 heavy (non-hydrogen) atoms. The molecule has 2 aromatic rings. The minimum Gasteiger partial charge on any atom is -0.619 e. The number of nitrogens with one attached hydrogen (secondary N) is 1. The first-order valence-electron chi connectivity index (χ1n) is 6.39. The van der Waals surface area contributed by atoms with Gasteiger partial charge in [0.25, 0.3) is 5.91 Å². The van der Waals surface area contributed by atoms with Gasteiger partial charge in [0.2, 0.25) is 0 Å². The number of aromatic nitrogens is 1. The number of benzene rings is 1. The van der Waals surface area contributed by atoms with E-state index in [1.165, 1.54) is 36.3 Å². The van der Waals surface area contributed by atoms with Crippen LogP contribution >= 0.6 is 11.8 Å². The van der Waals surface area contributed by atoms with Crippen LogP contribution in [0.2, 0.25) is 0 Å². The summed E-state index contributed by atoms with van der Waals surface area (Å²) in [5, 5.41) is 13.6. The fourth-order valence-corrected chi connectivity index (χ4v) is 2.25. The van der Waals surface area contributed by atoms with Crippen molar-refractivity contribution >= 4 is 29.3 Å². The second kappa shape index (κ2) is 7.46. The molecule has 1 aromatic carbocycles. The quantitative estimate of drug-likeness (QED) is 0.394. The van der Waals surface area contributed by atoms with Crippen molar-refractivity contribution in [3.05, 3.63) is 59.6 Å². The first-order chi connectivity index (χ1) is 10.6. The SMILES string of the molecule is CSc1ccccc1NC(=O)COC(=O)c1cc[n+]([O-])cc1. The third-order valence-corrected chi connectivity index (χ3v) is 3.55. The van der Waals surface area contributed by atoms with Gasteiger partial charge in [-0.1, -0.05) is 12.1 Å². The molecule has 0 atom stereocenters. The van der Waals surface area contributed by atoms with Crippen LogP contribution in [0.5, 0.6) is 0 Å². The molecular weight excluding hydrogens is 304 g/mol. The lowest BCUT2D eigenvalue weighted by Gasteiger charge is -2.09. The highest BCUT2D eigenvalue weighted by molar-refractivity contribution is 7.98. The zero-order valence-corrected chi connectivity index (χ0v) is 12.6. The third-order valence-electron chi connectivity index (χ3n) is 2.75. The molecule has 0 radical (unpaired) electrons. The number of carbonyl (C=O) groups excluding carboxylic acids is 2. The number of carbonyl (C=O) groups is 2. The van der Waals surface area contributed by atoms with Gasteiger partial charge in [0.1, 0.15) is 0 Å². The molecule has 0 saturated heterocycles. The number of nitrogens with zero attached hydrogens (tertiary/aromatic N) is 1. The number of rotatable bonds is 5. The Morgan fingerprint density at radius 1 is 1.23 bits per heavy atom. The Morgan fingerprint density at radius 3 is 2.59 bits per heavy atom. The summed E-state index contributed by atoms with van der Waals surface area (Å²) < 4.78 is 5.46. The molecule has 0 fully saturated rings. The lowest BCUT2D eigenvalue weighted by atomic mass is 10.3. The van der Waals surface area contributed by atoms with Crippen molar-refractivity contribution in [1.82, 2.24) is 0 Å². The van der Waals surface area contributed by atoms with Crippen molar-refractivity contribution in [3.63, 3.8) is 0 Å². The molecule has 0 aliphatic rings. The molecule has 0 saturated carbocycles. The Morgan fingerprint density at radius 2 is 1.91 bits per heavy atom. The van der Waals surface area contributed by atoms with E-state index in [9.17, 15) is 14.8 Å². The maximum atomic E-state index is 11.8. The van der Waals surface area contributed by atoms with Gasteiger partial charge in [0.15, 0.2) is 19.0 Å². The molecule has 2 rings (SSSR count). The predicted octanol–water partition coefficient (Wildman–Crippen LogP) is 1.84. The van der Waals surface area contributed by atoms with Crippen LogP contribution in [-0.2, 0) is 9.53 Å². The van der Waals surface area contributed by atoms with E-state index in [4.69, 9.17) is 4.74 Å². The van der Waals surface area contributed by atoms with E-state index in [0.717, 1.165) is 4.90 Å². The van der Waals surface area contributed by atoms with Crippen molar-refractivity contribution in [2.45, 2.75) is 4.90 Å². The molecule has 1 aromatic heterocycles. The molecule has 0 aliphatic carbocycles. The molecule has 0 aliphatic heterocycles. The molecule has 7 heteroatoms. The summed E-state index contributed by atoms with van der Waals surface area (Å²) in [6.07, 6.45) is 4.28. The number of anilines is 1. The normalized spacial score (nSPS) is 10.0. The fourth-order valence-electron chi connectivity index (χ4n) is 1.70. The average molecular weight is 318 g/mol. The molecular formula is C15H14N2O4S. The highest BCUT2D eigenvalue weighted by Crippen LogP contribution is 2.24. The number of amides is 1. The standard InChI is InChI=1S/C15H14N2O4S/c1-22-13-5-3-2-4-12(13)16-14(18)10-21-15(19)11-6-8-17(20)9-7-11/h2-9H,10H2,1H3,(H,16,18). The van der Waals surface area contributed by atoms with Gasteiger partial charge in [-0.3, -0.25) is 4.79 Å². The van der Waals surface area contributed by atoms with Gasteiger partial charge < -0.3 is 15.3 Å². The monoisotopic (exact) mass is 318 g/mol. The number of hydrogen-bond donors (Lipinski definition) is 1. The number of esters is 1. The number of ether oxygens (including phenoxy) is 1. The number of pyridine rings is 1. The largest absolute Gasteiger partial charge is 0.619 e. The van der Waals surface area contributed by atoms with Gasteiger partial charge in [0, 0.05) is 17.0 Å². The second-order valence-corrected chi connectivity index (χ2v) is 5.12. The van der Waals surface area contributed by atoms with Crippen molar-refractivity contribution in [2.75, 3.05) is 18.2 Å². The highest BCUT2D eigenvalue weighted by Gasteiger charge is 2.12. The summed E-state index contributed by atoms with van der Waals surface area (Å²) in [4.78, 5) is 24.5. The van der Waals surface area contributed by atoms with Gasteiger partial charge in [-0.05, 0) is 18.4 Å². The summed E-state index contributed by atoms with van der Waals surface area (Å²) in [6, 6.07) is 10.00. The van der Waals surface area contributed by atoms with Crippen LogP contribution in [0.1, 0.15) is 10.4 Å². The summed E-state index contributed by atoms with van der Waals surface area (Å²) in [5.41, 5.74) is 0.882. The van der Waals surface area contributed by atoms with Gasteiger partial charge in [-0.15, -0.1) is 11.8 Å². The van der Waals surface area contributed by atoms with Crippen molar-refractivity contribution in [3.8, 4) is 0 Å². The minimum absolute atomic E-state index is 0.212. The molecule has 1 amide bonds. The van der Waals surface area contributed by atoms with Crippen LogP contribution in [0, 0.1) is 5.21 Å². The van der Waals surface area contributed by atoms with Crippen molar-refractivity contribution in [1.29, 1.82) is 0 Å². The summed E-state index contributed by atoms with van der Waals surface area (Å²) in [5.74, 6) is -1.08. The van der Waals surface area contributed by atoms with E-state index >= 15 is 0 Å². The fraction of sp³-hybridized carbons (Fsp3) is 0.133. The van der Waals surface area contributed by atoms with Crippen LogP contribution in [-0.4, -0.2) is 24.7 Å². The maximum Gasteiger partial charge on any atom is 0.339 e. The Bertz CT molecular complexity index is 673. The van der Waals surface area contributed by atoms with Crippen LogP contribution in [0.15, 0.2) is 53.7 Å². The number of hydrogen-bond acceptors (Lipinski definition) is 5. The van der Waals surface area contributed by atoms with Crippen LogP contribution in [0.3, 0.4) is 0 Å². The Balaban J connectivity index is 1.90. The van der Waals surface area contributed by atoms with E-state index in [-0.39, 0.29) is 5.56 Å². The van der Waals surface area contributed by atoms with Crippen molar-refractivity contribution in [2.24, 2.45) is 0 Å². The molecule has 1 heterocycles. The zero-order chi connectivity index (χ0) is 15.9. The summed E-state index contributed by atoms with van der Waals surface area (Å²) in [7, 11) is 0. The lowest BCUT2D eigenvalue weighted by Crippen LogP contribution is -2.25. The van der Waals surface area contributed by atoms with Gasteiger partial charge in [0.05, 0.1) is 11.3 Å². The highest BCUT2D eigenvalue weighted by atomic mass is 32.2. The van der Waals surface area contributed by atoms with Crippen LogP contribution in [0.4, 0.5) is 5.69 Å². The smallest absolute Gasteiger partial charge is 0.339 e. The molecule has 114 valence electrons. The van der Waals surface area contributed by atoms with E-state index in [2.05, 4.69) is 5.32 Å². The lowest BCUT2D eigenvalue weighted by molar-refractivity contribution is -0.605. The third kappa shape index (κ3) is 4.23. The number of para-hydroxylation sites is 1. The molecule has 0 unspecified atom stereocenters. The summed E-state index contributed by atoms with van der Waals surface area (Å²) >= 11 is 1.51. The Kier molecular flexibility index (Phi) is 5.37. The molecule has 0 spiro atoms. The second-order valence-electron chi connectivity index (χ2n) is 4.27. The van der Waals surface area contributed by atoms with E-state index in [0.29, 0.717) is 10.4 Å². The molecule has 6 nitrogen and oxygen atoms in total. The van der Waals surface area contributed by atoms with Gasteiger partial charge >= 0.3 is 5.97 Å². The minimum atomic E-state index is -0.658. The van der Waals surface area contributed by atoms with Gasteiger partial charge in [-0.25, -0.2) is 4.79 Å². The van der Waals surface area contributed by atoms with E-state index < -0.39 is 18.5 Å². The average Bonchev–Trinajstić information content (AvgIpc) is 2.54. The van der Waals surface area contributed by atoms with Crippen molar-refractivity contribution < 1.29 is 19.1 Å². The Hall–Kier alpha value is -2.54.